The molecule has 6 nitrogen and oxygen atoms in total. The van der Waals surface area contributed by atoms with E-state index in [0.29, 0.717) is 44.1 Å². The van der Waals surface area contributed by atoms with E-state index in [2.05, 4.69) is 50.8 Å². The molecule has 0 saturated heterocycles. The standard InChI is InChI=1S/C33H28Br2ClN3O3/c1-19(2)26-16-27(20(3)13-30(26)41-4)32-38-29-8-6-5-7-25(29)33(40)39(32)37-17-22-14-24(36)15-28(35)31(22)42-18-21-9-11-23(34)12-10-21/h5-17,19H,18H2,1-4H3. The van der Waals surface area contributed by atoms with Crippen molar-refractivity contribution in [2.75, 3.05) is 7.11 Å². The van der Waals surface area contributed by atoms with Gasteiger partial charge in [-0.05, 0) is 94.0 Å². The zero-order valence-electron chi connectivity index (χ0n) is 23.5. The number of ether oxygens (including phenoxy) is 2. The van der Waals surface area contributed by atoms with Crippen LogP contribution in [0.1, 0.15) is 42.0 Å². The number of halogens is 3. The quantitative estimate of drug-likeness (QED) is 0.151. The Hall–Kier alpha value is -3.46. The maximum atomic E-state index is 13.9. The van der Waals surface area contributed by atoms with Crippen LogP contribution in [-0.4, -0.2) is 23.0 Å². The number of aromatic nitrogens is 2. The average Bonchev–Trinajstić information content (AvgIpc) is 2.96. The molecule has 0 unspecified atom stereocenters. The normalized spacial score (nSPS) is 11.5. The molecule has 0 N–H and O–H groups in total. The van der Waals surface area contributed by atoms with Gasteiger partial charge in [0.15, 0.2) is 5.82 Å². The Morgan fingerprint density at radius 2 is 1.79 bits per heavy atom. The van der Waals surface area contributed by atoms with Gasteiger partial charge in [0, 0.05) is 20.6 Å². The first kappa shape index (κ1) is 30.0. The van der Waals surface area contributed by atoms with E-state index < -0.39 is 0 Å². The second kappa shape index (κ2) is 12.8. The van der Waals surface area contributed by atoms with Gasteiger partial charge in [0.1, 0.15) is 18.1 Å². The van der Waals surface area contributed by atoms with Crippen LogP contribution in [0, 0.1) is 6.92 Å². The van der Waals surface area contributed by atoms with Crippen molar-refractivity contribution in [3.05, 3.63) is 119 Å². The fourth-order valence-electron chi connectivity index (χ4n) is 4.66. The summed E-state index contributed by atoms with van der Waals surface area (Å²) in [6, 6.07) is 22.7. The number of aryl methyl sites for hydroxylation is 1. The first-order valence-electron chi connectivity index (χ1n) is 13.3. The number of benzene rings is 4. The largest absolute Gasteiger partial charge is 0.496 e. The molecule has 0 amide bonds. The highest BCUT2D eigenvalue weighted by atomic mass is 79.9. The Labute approximate surface area is 266 Å². The lowest BCUT2D eigenvalue weighted by Crippen LogP contribution is -2.21. The zero-order chi connectivity index (χ0) is 30.0. The van der Waals surface area contributed by atoms with Crippen molar-refractivity contribution in [2.24, 2.45) is 5.10 Å². The minimum atomic E-state index is -0.286. The summed E-state index contributed by atoms with van der Waals surface area (Å²) in [6.07, 6.45) is 1.58. The average molecular weight is 710 g/mol. The summed E-state index contributed by atoms with van der Waals surface area (Å²) in [6.45, 7) is 6.51. The summed E-state index contributed by atoms with van der Waals surface area (Å²) in [4.78, 5) is 18.8. The fourth-order valence-corrected chi connectivity index (χ4v) is 5.87. The summed E-state index contributed by atoms with van der Waals surface area (Å²) in [5.74, 6) is 1.96. The molecule has 0 bridgehead atoms. The number of fused-ring (bicyclic) bond motifs is 1. The topological polar surface area (TPSA) is 65.7 Å². The van der Waals surface area contributed by atoms with Crippen LogP contribution in [0.4, 0.5) is 0 Å². The molecule has 5 rings (SSSR count). The number of methoxy groups -OCH3 is 1. The second-order valence-electron chi connectivity index (χ2n) is 10.1. The first-order chi connectivity index (χ1) is 20.2. The van der Waals surface area contributed by atoms with Crippen LogP contribution in [0.25, 0.3) is 22.3 Å². The summed E-state index contributed by atoms with van der Waals surface area (Å²) < 4.78 is 14.9. The molecule has 4 aromatic carbocycles. The summed E-state index contributed by atoms with van der Waals surface area (Å²) in [5, 5.41) is 5.65. The molecule has 42 heavy (non-hydrogen) atoms. The van der Waals surface area contributed by atoms with Crippen LogP contribution in [0.5, 0.6) is 11.5 Å². The molecule has 0 aliphatic heterocycles. The SMILES string of the molecule is COc1cc(C)c(-c2nc3ccccc3c(=O)n2N=Cc2cc(Cl)cc(Br)c2OCc2ccc(Br)cc2)cc1C(C)C. The lowest BCUT2D eigenvalue weighted by atomic mass is 9.96. The van der Waals surface area contributed by atoms with Gasteiger partial charge >= 0.3 is 0 Å². The molecule has 0 atom stereocenters. The van der Waals surface area contributed by atoms with Gasteiger partial charge in [0.25, 0.3) is 5.56 Å². The van der Waals surface area contributed by atoms with E-state index in [0.717, 1.165) is 32.5 Å². The van der Waals surface area contributed by atoms with Crippen LogP contribution in [-0.2, 0) is 6.61 Å². The van der Waals surface area contributed by atoms with Crippen molar-refractivity contribution >= 4 is 60.6 Å². The molecular weight excluding hydrogens is 682 g/mol. The van der Waals surface area contributed by atoms with Crippen molar-refractivity contribution < 1.29 is 9.47 Å². The van der Waals surface area contributed by atoms with Crippen LogP contribution in [0.15, 0.2) is 91.6 Å². The molecule has 1 aromatic heterocycles. The summed E-state index contributed by atoms with van der Waals surface area (Å²) in [5.41, 5.74) is 4.62. The lowest BCUT2D eigenvalue weighted by Gasteiger charge is -2.17. The monoisotopic (exact) mass is 707 g/mol. The van der Waals surface area contributed by atoms with Gasteiger partial charge in [-0.2, -0.15) is 9.78 Å². The molecular formula is C33H28Br2ClN3O3. The Morgan fingerprint density at radius 1 is 1.05 bits per heavy atom. The van der Waals surface area contributed by atoms with E-state index in [-0.39, 0.29) is 11.5 Å². The number of para-hydroxylation sites is 1. The van der Waals surface area contributed by atoms with Crippen LogP contribution < -0.4 is 15.0 Å². The van der Waals surface area contributed by atoms with Crippen molar-refractivity contribution in [1.82, 2.24) is 9.66 Å². The highest BCUT2D eigenvalue weighted by Crippen LogP contribution is 2.35. The second-order valence-corrected chi connectivity index (χ2v) is 12.3. The molecule has 0 saturated carbocycles. The van der Waals surface area contributed by atoms with E-state index in [1.807, 2.05) is 61.5 Å². The van der Waals surface area contributed by atoms with Crippen molar-refractivity contribution in [2.45, 2.75) is 33.3 Å². The molecule has 9 heteroatoms. The Bertz CT molecular complexity index is 1870. The van der Waals surface area contributed by atoms with Crippen LogP contribution >= 0.6 is 43.5 Å². The summed E-state index contributed by atoms with van der Waals surface area (Å²) in [7, 11) is 1.66. The fraction of sp³-hybridized carbons (Fsp3) is 0.182. The third-order valence-corrected chi connectivity index (χ3v) is 8.18. The minimum absolute atomic E-state index is 0.192. The Kier molecular flexibility index (Phi) is 9.16. The van der Waals surface area contributed by atoms with E-state index >= 15 is 0 Å². The highest BCUT2D eigenvalue weighted by Gasteiger charge is 2.19. The predicted molar refractivity (Wildman–Crippen MR) is 177 cm³/mol. The van der Waals surface area contributed by atoms with Gasteiger partial charge in [0.2, 0.25) is 0 Å². The Morgan fingerprint density at radius 3 is 2.50 bits per heavy atom. The van der Waals surface area contributed by atoms with Gasteiger partial charge in [-0.1, -0.05) is 65.6 Å². The van der Waals surface area contributed by atoms with Crippen molar-refractivity contribution in [3.8, 4) is 22.9 Å². The first-order valence-corrected chi connectivity index (χ1v) is 15.2. The summed E-state index contributed by atoms with van der Waals surface area (Å²) >= 11 is 13.5. The molecule has 214 valence electrons. The smallest absolute Gasteiger partial charge is 0.282 e. The van der Waals surface area contributed by atoms with E-state index in [4.69, 9.17) is 26.1 Å². The van der Waals surface area contributed by atoms with Gasteiger partial charge in [-0.25, -0.2) is 4.98 Å². The molecule has 0 aliphatic carbocycles. The van der Waals surface area contributed by atoms with Gasteiger partial charge in [-0.3, -0.25) is 4.79 Å². The number of hydrogen-bond donors (Lipinski definition) is 0. The van der Waals surface area contributed by atoms with Crippen molar-refractivity contribution in [3.63, 3.8) is 0 Å². The third kappa shape index (κ3) is 6.31. The van der Waals surface area contributed by atoms with Gasteiger partial charge < -0.3 is 9.47 Å². The molecule has 0 radical (unpaired) electrons. The molecule has 5 aromatic rings. The molecule has 0 aliphatic rings. The minimum Gasteiger partial charge on any atom is -0.496 e. The van der Waals surface area contributed by atoms with E-state index in [9.17, 15) is 4.79 Å². The maximum absolute atomic E-state index is 13.9. The third-order valence-electron chi connectivity index (χ3n) is 6.84. The van der Waals surface area contributed by atoms with Gasteiger partial charge in [-0.15, -0.1) is 0 Å². The van der Waals surface area contributed by atoms with E-state index in [1.54, 1.807) is 31.5 Å². The van der Waals surface area contributed by atoms with Crippen LogP contribution in [0.2, 0.25) is 5.02 Å². The molecule has 0 spiro atoms. The number of rotatable bonds is 8. The van der Waals surface area contributed by atoms with Crippen molar-refractivity contribution in [1.29, 1.82) is 0 Å². The zero-order valence-corrected chi connectivity index (χ0v) is 27.4. The van der Waals surface area contributed by atoms with Gasteiger partial charge in [0.05, 0.1) is 28.7 Å². The maximum Gasteiger partial charge on any atom is 0.282 e. The molecule has 1 heterocycles. The lowest BCUT2D eigenvalue weighted by molar-refractivity contribution is 0.304. The number of nitrogens with zero attached hydrogens (tertiary/aromatic N) is 3. The highest BCUT2D eigenvalue weighted by molar-refractivity contribution is 9.10. The van der Waals surface area contributed by atoms with Crippen LogP contribution in [0.3, 0.4) is 0 Å². The Balaban J connectivity index is 1.65. The predicted octanol–water partition coefficient (Wildman–Crippen LogP) is 9.14. The van der Waals surface area contributed by atoms with E-state index in [1.165, 1.54) is 4.68 Å². The number of hydrogen-bond acceptors (Lipinski definition) is 5. The molecule has 0 fully saturated rings.